The summed E-state index contributed by atoms with van der Waals surface area (Å²) in [7, 11) is 0. The van der Waals surface area contributed by atoms with Crippen molar-refractivity contribution < 1.29 is 54.4 Å². The number of benzene rings is 3. The minimum atomic E-state index is -1.68. The average molecular weight is 1150 g/mol. The normalized spacial score (nSPS) is 36.2. The molecule has 7 aliphatic carbocycles. The second-order valence-electron chi connectivity index (χ2n) is 26.4. The summed E-state index contributed by atoms with van der Waals surface area (Å²) in [6, 6.07) is 12.6. The number of dihydropyridines is 2. The number of aliphatic hydroxyl groups excluding tert-OH is 4. The zero-order chi connectivity index (χ0) is 58.7. The van der Waals surface area contributed by atoms with Crippen LogP contribution in [0.3, 0.4) is 0 Å². The molecule has 2 fully saturated rings. The molecule has 0 spiro atoms. The highest BCUT2D eigenvalue weighted by Gasteiger charge is 2.63. The lowest BCUT2D eigenvalue weighted by Crippen LogP contribution is -2.59. The third-order valence-corrected chi connectivity index (χ3v) is 22.6. The van der Waals surface area contributed by atoms with E-state index in [1.807, 2.05) is 31.2 Å². The fraction of sp³-hybridized carbons (Fsp3) is 0.478. The summed E-state index contributed by atoms with van der Waals surface area (Å²) in [5, 5.41) is 94.5. The molecular formula is C69H76N4O12. The fourth-order valence-electron chi connectivity index (χ4n) is 19.1. The van der Waals surface area contributed by atoms with Crippen molar-refractivity contribution in [2.45, 2.75) is 145 Å². The molecule has 0 amide bonds. The van der Waals surface area contributed by atoms with Crippen LogP contribution >= 0.6 is 0 Å². The van der Waals surface area contributed by atoms with Crippen LogP contribution in [-0.4, -0.2) is 91.0 Å². The Labute approximate surface area is 493 Å². The first-order valence-electron chi connectivity index (χ1n) is 31.0. The molecule has 6 bridgehead atoms. The fourth-order valence-corrected chi connectivity index (χ4v) is 19.1. The lowest BCUT2D eigenvalue weighted by atomic mass is 9.53. The number of carbonyl (C=O) groups is 1. The van der Waals surface area contributed by atoms with Gasteiger partial charge in [-0.15, -0.1) is 0 Å². The van der Waals surface area contributed by atoms with Crippen molar-refractivity contribution in [2.75, 3.05) is 19.7 Å². The summed E-state index contributed by atoms with van der Waals surface area (Å²) in [5.41, 5.74) is 13.9. The number of hydrogen-bond donors (Lipinski definition) is 11. The molecule has 4 aromatic rings. The van der Waals surface area contributed by atoms with E-state index < -0.39 is 83.5 Å². The Bertz CT molecular complexity index is 3810. The largest absolute Gasteiger partial charge is 0.508 e. The van der Waals surface area contributed by atoms with Crippen LogP contribution in [0.15, 0.2) is 134 Å². The summed E-state index contributed by atoms with van der Waals surface area (Å²) in [5.74, 6) is -4.45. The van der Waals surface area contributed by atoms with Gasteiger partial charge >= 0.3 is 5.97 Å². The number of carbonyl (C=O) groups excluding carboxylic acids is 1. The molecule has 4 aliphatic heterocycles. The second-order valence-corrected chi connectivity index (χ2v) is 26.4. The van der Waals surface area contributed by atoms with E-state index in [4.69, 9.17) is 19.6 Å². The quantitative estimate of drug-likeness (QED) is 0.0639. The number of rotatable bonds is 7. The van der Waals surface area contributed by atoms with E-state index in [1.165, 1.54) is 5.57 Å². The van der Waals surface area contributed by atoms with Gasteiger partial charge in [0, 0.05) is 54.1 Å². The zero-order valence-electron chi connectivity index (χ0n) is 48.2. The number of aromatic hydroxyl groups is 2. The van der Waals surface area contributed by atoms with Crippen molar-refractivity contribution in [3.63, 3.8) is 0 Å². The van der Waals surface area contributed by atoms with Gasteiger partial charge in [0.05, 0.1) is 30.6 Å². The van der Waals surface area contributed by atoms with Gasteiger partial charge in [0.2, 0.25) is 0 Å². The van der Waals surface area contributed by atoms with Gasteiger partial charge in [-0.1, -0.05) is 61.6 Å². The van der Waals surface area contributed by atoms with Crippen molar-refractivity contribution in [3.8, 4) is 17.2 Å². The first-order valence-corrected chi connectivity index (χ1v) is 31.0. The topological polar surface area (TPSA) is 269 Å². The number of phenols is 2. The van der Waals surface area contributed by atoms with Gasteiger partial charge < -0.3 is 66.0 Å². The highest BCUT2D eigenvalue weighted by atomic mass is 16.6. The van der Waals surface area contributed by atoms with Gasteiger partial charge in [-0.3, -0.25) is 10.1 Å². The van der Waals surface area contributed by atoms with Crippen molar-refractivity contribution in [1.82, 2.24) is 16.0 Å². The molecule has 444 valence electrons. The SMILES string of the molecule is CC=C(C(=O)OC1Cc2c3c(c4oc(CO)cc(=O)c4c2O)C2C4=CCNC(N)=C4C(CCc4ccc(O)cc4C2CO)C2CCC4=CC(NCC)NC=C4CC2C1(C)O3)C1(O)CC2CC1C1C=CC3=CC(O)CC4C(O)c5cccc2c5C1C34. The molecule has 0 radical (unpaired) electrons. The van der Waals surface area contributed by atoms with Crippen molar-refractivity contribution in [2.24, 2.45) is 47.2 Å². The Morgan fingerprint density at radius 3 is 2.60 bits per heavy atom. The predicted molar refractivity (Wildman–Crippen MR) is 317 cm³/mol. The number of hydrogen-bond acceptors (Lipinski definition) is 16. The summed E-state index contributed by atoms with van der Waals surface area (Å²) >= 11 is 0. The number of likely N-dealkylation sites (N-methyl/N-ethyl adjacent to an activating group) is 1. The third-order valence-electron chi connectivity index (χ3n) is 22.6. The maximum absolute atomic E-state index is 16.1. The highest BCUT2D eigenvalue weighted by Crippen LogP contribution is 2.67. The Balaban J connectivity index is 0.932. The molecule has 15 rings (SSSR count). The number of fused-ring (bicyclic) bond motifs is 13. The van der Waals surface area contributed by atoms with Gasteiger partial charge in [-0.25, -0.2) is 4.79 Å². The summed E-state index contributed by atoms with van der Waals surface area (Å²) in [6.07, 6.45) is 15.7. The Kier molecular flexibility index (Phi) is 12.9. The van der Waals surface area contributed by atoms with Crippen LogP contribution in [-0.2, 0) is 29.0 Å². The molecule has 3 aromatic carbocycles. The van der Waals surface area contributed by atoms with Crippen LogP contribution in [0.4, 0.5) is 0 Å². The maximum atomic E-state index is 16.1. The molecule has 2 saturated carbocycles. The number of allylic oxidation sites excluding steroid dienone is 8. The van der Waals surface area contributed by atoms with Crippen LogP contribution in [0.1, 0.15) is 140 Å². The van der Waals surface area contributed by atoms with Crippen molar-refractivity contribution in [3.05, 3.63) is 179 Å². The number of aliphatic hydroxyl groups is 5. The van der Waals surface area contributed by atoms with E-state index >= 15 is 4.79 Å². The van der Waals surface area contributed by atoms with Gasteiger partial charge in [0.25, 0.3) is 0 Å². The molecule has 12 N–H and O–H groups in total. The molecular weight excluding hydrogens is 1080 g/mol. The van der Waals surface area contributed by atoms with E-state index in [1.54, 1.807) is 25.1 Å². The number of nitrogens with one attached hydrogen (secondary N) is 3. The summed E-state index contributed by atoms with van der Waals surface area (Å²) in [6.45, 7) is 5.87. The van der Waals surface area contributed by atoms with Crippen molar-refractivity contribution >= 4 is 16.9 Å². The van der Waals surface area contributed by atoms with Crippen LogP contribution in [0, 0.1) is 41.4 Å². The van der Waals surface area contributed by atoms with E-state index in [-0.39, 0.29) is 99.8 Å². The number of aryl methyl sites for hydroxylation is 1. The van der Waals surface area contributed by atoms with Crippen LogP contribution in [0.25, 0.3) is 11.0 Å². The number of esters is 1. The number of phenolic OH excluding ortho intramolecular Hbond substituents is 2. The zero-order valence-corrected chi connectivity index (χ0v) is 48.2. The van der Waals surface area contributed by atoms with E-state index in [2.05, 4.69) is 59.4 Å². The first kappa shape index (κ1) is 54.7. The molecule has 5 heterocycles. The second kappa shape index (κ2) is 20.1. The highest BCUT2D eigenvalue weighted by molar-refractivity contribution is 5.93. The third kappa shape index (κ3) is 8.00. The summed E-state index contributed by atoms with van der Waals surface area (Å²) < 4.78 is 21.7. The van der Waals surface area contributed by atoms with Gasteiger partial charge in [0.15, 0.2) is 5.43 Å². The van der Waals surface area contributed by atoms with Gasteiger partial charge in [0.1, 0.15) is 63.7 Å². The standard InChI is InChI=1S/C69H76N4O12/c1-4-49(69(82)27-34-20-51(69)42-16-12-33-19-37(77)24-46-55(33)59(42)56-39(34)7-6-8-44(56)62(46)79)67(81)84-53-26-47-63(80)60-52(78)25-38(29-74)83-65(60)61-57-43-17-18-72-66(70)58(43)41(15-10-31-9-13-36(76)23-45(31)48(57)30-75)40-14-11-32-22-54(71-5-2)73-28-35(32)21-50(40)68(53,3)85-64(47)61/h4,6-9,12-13,16-17,19,22-23,25,28,34,37,40-42,46,48,50-51,53-55,57,59,62,71-77,79-80,82H,5,10-11,14-15,18,20-21,24,26-27,29-30,70H2,1-3H3. The minimum Gasteiger partial charge on any atom is -0.508 e. The van der Waals surface area contributed by atoms with E-state index in [0.29, 0.717) is 68.4 Å². The first-order chi connectivity index (χ1) is 41.1. The smallest absolute Gasteiger partial charge is 0.337 e. The molecule has 11 aliphatic rings. The molecule has 17 atom stereocenters. The van der Waals surface area contributed by atoms with E-state index in [0.717, 1.165) is 57.2 Å². The van der Waals surface area contributed by atoms with Crippen molar-refractivity contribution in [1.29, 1.82) is 0 Å². The van der Waals surface area contributed by atoms with Crippen LogP contribution < -0.4 is 31.8 Å². The Morgan fingerprint density at radius 2 is 1.80 bits per heavy atom. The Hall–Kier alpha value is -6.92. The monoisotopic (exact) mass is 1150 g/mol. The molecule has 0 saturated heterocycles. The minimum absolute atomic E-state index is 0.0120. The molecule has 17 unspecified atom stereocenters. The molecule has 85 heavy (non-hydrogen) atoms. The number of nitrogens with two attached hydrogens (primary N) is 1. The summed E-state index contributed by atoms with van der Waals surface area (Å²) in [4.78, 5) is 30.9. The molecule has 16 heteroatoms. The maximum Gasteiger partial charge on any atom is 0.337 e. The molecule has 1 aromatic heterocycles. The average Bonchev–Trinajstić information content (AvgIpc) is 1.72. The van der Waals surface area contributed by atoms with Crippen LogP contribution in [0.2, 0.25) is 0 Å². The Morgan fingerprint density at radius 1 is 0.965 bits per heavy atom. The lowest BCUT2D eigenvalue weighted by molar-refractivity contribution is -0.172. The predicted octanol–water partition coefficient (Wildman–Crippen LogP) is 7.33. The van der Waals surface area contributed by atoms with Gasteiger partial charge in [-0.05, 0) is 193 Å². The van der Waals surface area contributed by atoms with E-state index in [9.17, 15) is 40.5 Å². The van der Waals surface area contributed by atoms with Gasteiger partial charge in [-0.2, -0.15) is 0 Å². The van der Waals surface area contributed by atoms with Crippen LogP contribution in [0.5, 0.6) is 17.2 Å². The lowest BCUT2D eigenvalue weighted by Gasteiger charge is -2.53. The molecule has 16 nitrogen and oxygen atoms in total. The number of ether oxygens (including phenoxy) is 2.